The van der Waals surface area contributed by atoms with Crippen molar-refractivity contribution in [2.75, 3.05) is 20.8 Å². The van der Waals surface area contributed by atoms with E-state index in [2.05, 4.69) is 39.5 Å². The molecule has 0 aliphatic heterocycles. The normalized spacial score (nSPS) is 47.5. The summed E-state index contributed by atoms with van der Waals surface area (Å²) in [4.78, 5) is 45.6. The number of rotatable bonds is 4. The van der Waals surface area contributed by atoms with Gasteiger partial charge in [0.15, 0.2) is 5.78 Å². The van der Waals surface area contributed by atoms with Crippen LogP contribution in [0, 0.1) is 56.8 Å². The molecule has 5 aliphatic rings. The smallest absolute Gasteiger partial charge is 0.312 e. The Hall–Kier alpha value is -2.00. The molecule has 6 nitrogen and oxygen atoms in total. The van der Waals surface area contributed by atoms with E-state index >= 15 is 0 Å². The zero-order valence-corrected chi connectivity index (χ0v) is 25.9. The second-order valence-electron chi connectivity index (χ2n) is 15.7. The van der Waals surface area contributed by atoms with Gasteiger partial charge in [0, 0.05) is 36.9 Å². The van der Waals surface area contributed by atoms with Crippen molar-refractivity contribution < 1.29 is 23.9 Å². The fourth-order valence-corrected chi connectivity index (χ4v) is 11.0. The molecule has 9 atom stereocenters. The lowest BCUT2D eigenvalue weighted by atomic mass is 9.33. The van der Waals surface area contributed by atoms with E-state index in [1.54, 1.807) is 7.11 Å². The molecule has 4 fully saturated rings. The molecule has 0 spiro atoms. The second kappa shape index (κ2) is 9.25. The third-order valence-corrected chi connectivity index (χ3v) is 13.5. The highest BCUT2D eigenvalue weighted by Gasteiger charge is 2.72. The first-order valence-corrected chi connectivity index (χ1v) is 15.3. The van der Waals surface area contributed by atoms with Crippen LogP contribution >= 0.6 is 0 Å². The van der Waals surface area contributed by atoms with E-state index in [4.69, 9.17) is 16.0 Å². The van der Waals surface area contributed by atoms with Crippen LogP contribution in [0.25, 0.3) is 4.85 Å². The summed E-state index contributed by atoms with van der Waals surface area (Å²) in [6, 6.07) is -0.704. The molecule has 1 unspecified atom stereocenters. The fourth-order valence-electron chi connectivity index (χ4n) is 11.0. The Morgan fingerprint density at radius 2 is 1.68 bits per heavy atom. The topological polar surface area (TPSA) is 74.0 Å². The van der Waals surface area contributed by atoms with Crippen molar-refractivity contribution in [2.24, 2.45) is 50.2 Å². The maximum Gasteiger partial charge on any atom is 0.312 e. The van der Waals surface area contributed by atoms with Gasteiger partial charge in [-0.3, -0.25) is 14.4 Å². The van der Waals surface area contributed by atoms with Gasteiger partial charge in [-0.05, 0) is 85.5 Å². The fraction of sp³-hybridized carbons (Fsp3) is 0.824. The molecule has 0 saturated heterocycles. The Balaban J connectivity index is 1.66. The number of nitrogens with zero attached hydrogens (tertiary/aromatic N) is 1. The Kier molecular flexibility index (Phi) is 6.82. The highest BCUT2D eigenvalue weighted by atomic mass is 16.5. The van der Waals surface area contributed by atoms with E-state index in [1.807, 2.05) is 13.0 Å². The SMILES string of the molecule is [C-]#[N+]C1C[C@]2(C)C3=CC(=O)[C@@H]4[C@@H]5CC(C)(C)CC[C@]5(C(=O)OC)CC[C@@]4(C)[C@]3(C)CC[C@H]2[C@](C)(CCOC)C1=O. The van der Waals surface area contributed by atoms with E-state index in [0.29, 0.717) is 19.4 Å². The number of hydrogen-bond acceptors (Lipinski definition) is 5. The number of fused-ring (bicyclic) bond motifs is 7. The first-order valence-electron chi connectivity index (χ1n) is 15.3. The van der Waals surface area contributed by atoms with Crippen molar-refractivity contribution in [2.45, 2.75) is 105 Å². The van der Waals surface area contributed by atoms with Crippen molar-refractivity contribution in [3.8, 4) is 0 Å². The minimum Gasteiger partial charge on any atom is -0.469 e. The molecule has 6 heteroatoms. The number of carbonyl (C=O) groups excluding carboxylic acids is 3. The molecule has 0 N–H and O–H groups in total. The number of esters is 1. The number of Topliss-reactive ketones (excluding diaryl/α,β-unsaturated/α-hetero) is 1. The van der Waals surface area contributed by atoms with Gasteiger partial charge < -0.3 is 14.3 Å². The van der Waals surface area contributed by atoms with Crippen LogP contribution in [0.5, 0.6) is 0 Å². The number of ketones is 2. The Morgan fingerprint density at radius 3 is 2.30 bits per heavy atom. The van der Waals surface area contributed by atoms with Gasteiger partial charge in [-0.25, -0.2) is 6.57 Å². The van der Waals surface area contributed by atoms with Crippen LogP contribution in [-0.2, 0) is 23.9 Å². The summed E-state index contributed by atoms with van der Waals surface area (Å²) < 4.78 is 10.9. The predicted molar refractivity (Wildman–Crippen MR) is 153 cm³/mol. The van der Waals surface area contributed by atoms with Gasteiger partial charge in [0.2, 0.25) is 5.78 Å². The summed E-state index contributed by atoms with van der Waals surface area (Å²) in [5.74, 6) is -0.191. The summed E-state index contributed by atoms with van der Waals surface area (Å²) >= 11 is 0. The number of ether oxygens (including phenoxy) is 2. The lowest BCUT2D eigenvalue weighted by molar-refractivity contribution is -0.193. The molecule has 4 saturated carbocycles. The first kappa shape index (κ1) is 29.5. The van der Waals surface area contributed by atoms with Crippen LogP contribution in [0.1, 0.15) is 99.3 Å². The molecule has 0 bridgehead atoms. The standard InChI is InChI=1S/C34H49NO5/c1-29(2)12-14-34(28(38)40-9)15-13-33(6)26(21(34)19-29)23(36)18-25-31(4)20-22(35-7)27(37)30(3,16-17-39-8)24(31)10-11-32(25,33)5/h18,21-22,24,26H,10-17,19-20H2,1-6,8-9H3/t21-,22?,24-,26-,30-,31-,32+,33+,34-/m0/s1. The summed E-state index contributed by atoms with van der Waals surface area (Å²) in [5, 5.41) is 0. The number of methoxy groups -OCH3 is 2. The third kappa shape index (κ3) is 3.64. The third-order valence-electron chi connectivity index (χ3n) is 13.5. The van der Waals surface area contributed by atoms with Crippen molar-refractivity contribution >= 4 is 17.5 Å². The average Bonchev–Trinajstić information content (AvgIpc) is 2.90. The molecular weight excluding hydrogens is 502 g/mol. The Morgan fingerprint density at radius 1 is 1.00 bits per heavy atom. The van der Waals surface area contributed by atoms with Crippen molar-refractivity contribution in [3.05, 3.63) is 23.1 Å². The largest absolute Gasteiger partial charge is 0.469 e. The number of allylic oxidation sites excluding steroid dienone is 2. The Labute approximate surface area is 240 Å². The molecule has 5 aliphatic carbocycles. The lowest BCUT2D eigenvalue weighted by Gasteiger charge is -2.69. The van der Waals surface area contributed by atoms with E-state index < -0.39 is 22.3 Å². The van der Waals surface area contributed by atoms with Gasteiger partial charge in [0.05, 0.1) is 12.5 Å². The van der Waals surface area contributed by atoms with E-state index in [1.165, 1.54) is 7.11 Å². The second-order valence-corrected chi connectivity index (χ2v) is 15.7. The maximum absolute atomic E-state index is 14.5. The number of hydrogen-bond donors (Lipinski definition) is 0. The molecule has 0 radical (unpaired) electrons. The quantitative estimate of drug-likeness (QED) is 0.290. The zero-order valence-electron chi connectivity index (χ0n) is 25.9. The van der Waals surface area contributed by atoms with Crippen LogP contribution in [0.3, 0.4) is 0 Å². The summed E-state index contributed by atoms with van der Waals surface area (Å²) in [6.07, 6.45) is 8.92. The Bertz CT molecular complexity index is 1200. The van der Waals surface area contributed by atoms with Crippen molar-refractivity contribution in [3.63, 3.8) is 0 Å². The van der Waals surface area contributed by atoms with Crippen LogP contribution in [-0.4, -0.2) is 44.4 Å². The van der Waals surface area contributed by atoms with Crippen LogP contribution in [0.2, 0.25) is 0 Å². The van der Waals surface area contributed by atoms with Crippen LogP contribution in [0.4, 0.5) is 0 Å². The molecule has 0 aromatic heterocycles. The number of carbonyl (C=O) groups is 3. The van der Waals surface area contributed by atoms with Crippen molar-refractivity contribution in [1.82, 2.24) is 0 Å². The van der Waals surface area contributed by atoms with Crippen LogP contribution < -0.4 is 0 Å². The van der Waals surface area contributed by atoms with Gasteiger partial charge in [-0.1, -0.05) is 47.1 Å². The van der Waals surface area contributed by atoms with E-state index in [-0.39, 0.29) is 51.5 Å². The maximum atomic E-state index is 14.5. The molecule has 0 aromatic carbocycles. The first-order chi connectivity index (χ1) is 18.6. The minimum atomic E-state index is -0.704. The van der Waals surface area contributed by atoms with E-state index in [9.17, 15) is 14.4 Å². The lowest BCUT2D eigenvalue weighted by Crippen LogP contribution is -2.67. The zero-order chi connectivity index (χ0) is 29.5. The predicted octanol–water partition coefficient (Wildman–Crippen LogP) is 6.62. The highest BCUT2D eigenvalue weighted by molar-refractivity contribution is 5.97. The average molecular weight is 552 g/mol. The monoisotopic (exact) mass is 551 g/mol. The highest BCUT2D eigenvalue weighted by Crippen LogP contribution is 2.75. The molecule has 40 heavy (non-hydrogen) atoms. The van der Waals surface area contributed by atoms with Gasteiger partial charge in [0.25, 0.3) is 6.04 Å². The molecule has 0 amide bonds. The molecular formula is C34H49NO5. The summed E-state index contributed by atoms with van der Waals surface area (Å²) in [5.41, 5.74) is -1.04. The van der Waals surface area contributed by atoms with E-state index in [0.717, 1.165) is 50.5 Å². The minimum absolute atomic E-state index is 0.0439. The van der Waals surface area contributed by atoms with Crippen molar-refractivity contribution in [1.29, 1.82) is 0 Å². The van der Waals surface area contributed by atoms with Gasteiger partial charge in [-0.2, -0.15) is 0 Å². The van der Waals surface area contributed by atoms with Gasteiger partial charge in [0.1, 0.15) is 0 Å². The van der Waals surface area contributed by atoms with Gasteiger partial charge in [-0.15, -0.1) is 0 Å². The summed E-state index contributed by atoms with van der Waals surface area (Å²) in [6.45, 7) is 21.9. The molecule has 0 heterocycles. The van der Waals surface area contributed by atoms with Crippen LogP contribution in [0.15, 0.2) is 11.6 Å². The molecule has 220 valence electrons. The summed E-state index contributed by atoms with van der Waals surface area (Å²) in [7, 11) is 3.15. The molecule has 0 aromatic rings. The molecule has 5 rings (SSSR count). The van der Waals surface area contributed by atoms with Gasteiger partial charge >= 0.3 is 5.97 Å².